The average Bonchev–Trinajstić information content (AvgIpc) is 2.56. The number of hydrogen-bond donors (Lipinski definition) is 0. The summed E-state index contributed by atoms with van der Waals surface area (Å²) in [6, 6.07) is 6.00. The zero-order valence-electron chi connectivity index (χ0n) is 14.7. The Morgan fingerprint density at radius 1 is 1.00 bits per heavy atom. The summed E-state index contributed by atoms with van der Waals surface area (Å²) in [4.78, 5) is 25.5. The minimum Gasteiger partial charge on any atom is -1.00 e. The third-order valence-corrected chi connectivity index (χ3v) is 3.57. The molecule has 0 unspecified atom stereocenters. The smallest absolute Gasteiger partial charge is 0.307 e. The van der Waals surface area contributed by atoms with Crippen molar-refractivity contribution in [3.05, 3.63) is 30.6 Å². The lowest BCUT2D eigenvalue weighted by Crippen LogP contribution is -3.00. The first-order chi connectivity index (χ1) is 11.2. The Labute approximate surface area is 155 Å². The van der Waals surface area contributed by atoms with Crippen molar-refractivity contribution in [2.75, 3.05) is 19.7 Å². The van der Waals surface area contributed by atoms with Gasteiger partial charge in [0.1, 0.15) is 6.54 Å². The standard InChI is InChI=1S/C18H29N2O3.BrH/c1-3-12-20(16-11-18(22)23-4-2)17(21)10-6-9-15-19-13-7-5-8-14-19;/h5,7-8,13-14H,3-4,6,9-12,15-16H2,1-2H3;1H/q+1;/p-1. The molecule has 0 aliphatic heterocycles. The van der Waals surface area contributed by atoms with Crippen LogP contribution in [0.4, 0.5) is 0 Å². The number of amides is 1. The molecule has 0 saturated heterocycles. The first kappa shape index (κ1) is 22.6. The molecule has 0 saturated carbocycles. The van der Waals surface area contributed by atoms with Crippen molar-refractivity contribution < 1.29 is 35.9 Å². The summed E-state index contributed by atoms with van der Waals surface area (Å²) in [5, 5.41) is 0. The zero-order valence-corrected chi connectivity index (χ0v) is 16.3. The Bertz CT molecular complexity index is 469. The molecule has 0 radical (unpaired) electrons. The SMILES string of the molecule is CCCN(CCC(=O)OCC)C(=O)CCCC[n+]1ccccc1.[Br-]. The van der Waals surface area contributed by atoms with Gasteiger partial charge in [-0.2, -0.15) is 0 Å². The molecule has 0 N–H and O–H groups in total. The minimum atomic E-state index is -0.234. The maximum absolute atomic E-state index is 12.3. The van der Waals surface area contributed by atoms with Crippen molar-refractivity contribution in [3.63, 3.8) is 0 Å². The molecule has 0 bridgehead atoms. The van der Waals surface area contributed by atoms with Crippen LogP contribution < -0.4 is 21.5 Å². The van der Waals surface area contributed by atoms with Gasteiger partial charge in [-0.05, 0) is 19.8 Å². The van der Waals surface area contributed by atoms with E-state index in [1.165, 1.54) is 0 Å². The number of hydrogen-bond acceptors (Lipinski definition) is 3. The normalized spacial score (nSPS) is 9.92. The highest BCUT2D eigenvalue weighted by molar-refractivity contribution is 5.77. The molecule has 6 heteroatoms. The molecule has 0 fully saturated rings. The van der Waals surface area contributed by atoms with Gasteiger partial charge in [-0.3, -0.25) is 9.59 Å². The van der Waals surface area contributed by atoms with Gasteiger partial charge in [-0.1, -0.05) is 13.0 Å². The Balaban J connectivity index is 0.00000529. The van der Waals surface area contributed by atoms with Crippen molar-refractivity contribution in [1.29, 1.82) is 0 Å². The molecule has 136 valence electrons. The fraction of sp³-hybridized carbons (Fsp3) is 0.611. The van der Waals surface area contributed by atoms with Crippen molar-refractivity contribution in [3.8, 4) is 0 Å². The lowest BCUT2D eigenvalue weighted by molar-refractivity contribution is -0.697. The van der Waals surface area contributed by atoms with E-state index in [2.05, 4.69) is 4.57 Å². The lowest BCUT2D eigenvalue weighted by Gasteiger charge is -2.21. The number of carbonyl (C=O) groups excluding carboxylic acids is 2. The highest BCUT2D eigenvalue weighted by Gasteiger charge is 2.14. The van der Waals surface area contributed by atoms with Crippen LogP contribution >= 0.6 is 0 Å². The van der Waals surface area contributed by atoms with Crippen molar-refractivity contribution >= 4 is 11.9 Å². The van der Waals surface area contributed by atoms with Crippen LogP contribution in [-0.4, -0.2) is 36.5 Å². The molecule has 0 spiro atoms. The van der Waals surface area contributed by atoms with E-state index in [0.29, 0.717) is 26.1 Å². The molecule has 1 heterocycles. The second kappa shape index (κ2) is 14.0. The molecule has 0 aromatic carbocycles. The van der Waals surface area contributed by atoms with Crippen LogP contribution in [0.2, 0.25) is 0 Å². The summed E-state index contributed by atoms with van der Waals surface area (Å²) in [7, 11) is 0. The molecule has 0 aliphatic carbocycles. The average molecular weight is 401 g/mol. The molecule has 1 aromatic heterocycles. The topological polar surface area (TPSA) is 50.5 Å². The highest BCUT2D eigenvalue weighted by atomic mass is 79.9. The molecule has 1 amide bonds. The van der Waals surface area contributed by atoms with E-state index in [9.17, 15) is 9.59 Å². The van der Waals surface area contributed by atoms with Gasteiger partial charge < -0.3 is 26.6 Å². The van der Waals surface area contributed by atoms with Crippen LogP contribution in [0.25, 0.3) is 0 Å². The monoisotopic (exact) mass is 400 g/mol. The second-order valence-electron chi connectivity index (χ2n) is 5.51. The van der Waals surface area contributed by atoms with Gasteiger partial charge in [-0.25, -0.2) is 4.57 Å². The summed E-state index contributed by atoms with van der Waals surface area (Å²) in [6.45, 7) is 6.29. The lowest BCUT2D eigenvalue weighted by atomic mass is 10.2. The zero-order chi connectivity index (χ0) is 16.9. The molecule has 0 aliphatic rings. The van der Waals surface area contributed by atoms with Crippen LogP contribution in [-0.2, 0) is 20.9 Å². The number of rotatable bonds is 11. The maximum atomic E-state index is 12.3. The number of pyridine rings is 1. The third kappa shape index (κ3) is 9.65. The van der Waals surface area contributed by atoms with Gasteiger partial charge in [0, 0.05) is 38.1 Å². The second-order valence-corrected chi connectivity index (χ2v) is 5.51. The van der Waals surface area contributed by atoms with E-state index in [4.69, 9.17) is 4.74 Å². The summed E-state index contributed by atoms with van der Waals surface area (Å²) >= 11 is 0. The number of aryl methyl sites for hydroxylation is 1. The van der Waals surface area contributed by atoms with Crippen LogP contribution in [0, 0.1) is 0 Å². The fourth-order valence-electron chi connectivity index (χ4n) is 2.40. The van der Waals surface area contributed by atoms with Crippen molar-refractivity contribution in [2.24, 2.45) is 0 Å². The summed E-state index contributed by atoms with van der Waals surface area (Å²) in [5.41, 5.74) is 0. The van der Waals surface area contributed by atoms with E-state index in [0.717, 1.165) is 25.8 Å². The molecule has 24 heavy (non-hydrogen) atoms. The van der Waals surface area contributed by atoms with Gasteiger partial charge in [0.05, 0.1) is 13.0 Å². The number of aromatic nitrogens is 1. The largest absolute Gasteiger partial charge is 1.00 e. The van der Waals surface area contributed by atoms with Crippen LogP contribution in [0.3, 0.4) is 0 Å². The van der Waals surface area contributed by atoms with Gasteiger partial charge in [0.25, 0.3) is 0 Å². The molecular weight excluding hydrogens is 372 g/mol. The first-order valence-electron chi connectivity index (χ1n) is 8.54. The minimum absolute atomic E-state index is 0. The first-order valence-corrected chi connectivity index (χ1v) is 8.54. The third-order valence-electron chi connectivity index (χ3n) is 3.57. The summed E-state index contributed by atoms with van der Waals surface area (Å²) in [5.74, 6) is -0.101. The molecular formula is C18H29BrN2O3. The Morgan fingerprint density at radius 2 is 1.71 bits per heavy atom. The number of esters is 1. The van der Waals surface area contributed by atoms with Crippen LogP contribution in [0.1, 0.15) is 46.0 Å². The van der Waals surface area contributed by atoms with E-state index in [1.807, 2.05) is 37.5 Å². The number of ether oxygens (including phenoxy) is 1. The number of halogens is 1. The van der Waals surface area contributed by atoms with Crippen molar-refractivity contribution in [1.82, 2.24) is 4.90 Å². The predicted octanol–water partition coefficient (Wildman–Crippen LogP) is -0.660. The Morgan fingerprint density at radius 3 is 2.33 bits per heavy atom. The maximum Gasteiger partial charge on any atom is 0.307 e. The Kier molecular flexibility index (Phi) is 13.1. The van der Waals surface area contributed by atoms with E-state index >= 15 is 0 Å². The van der Waals surface area contributed by atoms with Gasteiger partial charge in [-0.15, -0.1) is 0 Å². The van der Waals surface area contributed by atoms with E-state index < -0.39 is 0 Å². The van der Waals surface area contributed by atoms with E-state index in [-0.39, 0.29) is 35.3 Å². The Hall–Kier alpha value is -1.43. The number of unbranched alkanes of at least 4 members (excludes halogenated alkanes) is 1. The number of carbonyl (C=O) groups is 2. The van der Waals surface area contributed by atoms with Gasteiger partial charge >= 0.3 is 5.97 Å². The van der Waals surface area contributed by atoms with Gasteiger partial charge in [0.2, 0.25) is 5.91 Å². The summed E-state index contributed by atoms with van der Waals surface area (Å²) < 4.78 is 7.04. The predicted molar refractivity (Wildman–Crippen MR) is 88.6 cm³/mol. The highest BCUT2D eigenvalue weighted by Crippen LogP contribution is 2.04. The van der Waals surface area contributed by atoms with Crippen molar-refractivity contribution in [2.45, 2.75) is 52.5 Å². The molecule has 1 rings (SSSR count). The van der Waals surface area contributed by atoms with E-state index in [1.54, 1.807) is 11.8 Å². The number of nitrogens with zero attached hydrogens (tertiary/aromatic N) is 2. The van der Waals surface area contributed by atoms with Crippen LogP contribution in [0.15, 0.2) is 30.6 Å². The quantitative estimate of drug-likeness (QED) is 0.281. The molecule has 0 atom stereocenters. The van der Waals surface area contributed by atoms with Crippen LogP contribution in [0.5, 0.6) is 0 Å². The fourth-order valence-corrected chi connectivity index (χ4v) is 2.40. The van der Waals surface area contributed by atoms with Gasteiger partial charge in [0.15, 0.2) is 12.4 Å². The molecule has 1 aromatic rings. The molecule has 5 nitrogen and oxygen atoms in total. The summed E-state index contributed by atoms with van der Waals surface area (Å²) in [6.07, 6.45) is 7.61.